The molecule has 30 heavy (non-hydrogen) atoms. The standard InChI is InChI=1S/C22H24N4O4/c27-18(19-9-5-13-30-19)14-17-8-4-12-25(17)22(29)21(28)24-20-10-11-23-26(20)15-16-6-2-1-3-7-16/h1-3,5-7,9-11,13,17-18,27H,4,8,12,14-15H2,(H,24,28)/t17-,18-/m0/s1. The van der Waals surface area contributed by atoms with Crippen LogP contribution in [0.5, 0.6) is 0 Å². The molecule has 1 aliphatic heterocycles. The molecule has 3 aromatic rings. The lowest BCUT2D eigenvalue weighted by atomic mass is 10.1. The molecule has 2 aromatic heterocycles. The highest BCUT2D eigenvalue weighted by Crippen LogP contribution is 2.28. The van der Waals surface area contributed by atoms with Gasteiger partial charge in [0.1, 0.15) is 17.7 Å². The molecular weight excluding hydrogens is 384 g/mol. The molecule has 1 saturated heterocycles. The van der Waals surface area contributed by atoms with Gasteiger partial charge in [0.05, 0.1) is 19.0 Å². The minimum atomic E-state index is -0.811. The molecule has 1 aromatic carbocycles. The van der Waals surface area contributed by atoms with Gasteiger partial charge in [0.25, 0.3) is 0 Å². The SMILES string of the molecule is O=C(Nc1ccnn1Cc1ccccc1)C(=O)N1CCC[C@H]1C[C@H](O)c1ccco1. The highest BCUT2D eigenvalue weighted by molar-refractivity contribution is 6.39. The Bertz CT molecular complexity index is 984. The molecule has 4 rings (SSSR count). The number of likely N-dealkylation sites (tertiary alicyclic amines) is 1. The molecule has 3 heterocycles. The van der Waals surface area contributed by atoms with E-state index in [-0.39, 0.29) is 6.04 Å². The lowest BCUT2D eigenvalue weighted by Crippen LogP contribution is -2.43. The lowest BCUT2D eigenvalue weighted by Gasteiger charge is -2.25. The monoisotopic (exact) mass is 408 g/mol. The molecule has 2 N–H and O–H groups in total. The van der Waals surface area contributed by atoms with Crippen LogP contribution in [0.1, 0.15) is 36.7 Å². The Hall–Kier alpha value is -3.39. The van der Waals surface area contributed by atoms with Gasteiger partial charge in [-0.2, -0.15) is 5.10 Å². The average molecular weight is 408 g/mol. The summed E-state index contributed by atoms with van der Waals surface area (Å²) in [6.07, 6.45) is 4.14. The van der Waals surface area contributed by atoms with Crippen LogP contribution in [0.25, 0.3) is 0 Å². The third-order valence-corrected chi connectivity index (χ3v) is 5.33. The first-order valence-electron chi connectivity index (χ1n) is 10.0. The van der Waals surface area contributed by atoms with Crippen molar-refractivity contribution >= 4 is 17.6 Å². The number of hydrogen-bond acceptors (Lipinski definition) is 5. The van der Waals surface area contributed by atoms with Crippen molar-refractivity contribution in [2.24, 2.45) is 0 Å². The van der Waals surface area contributed by atoms with Crippen molar-refractivity contribution in [1.82, 2.24) is 14.7 Å². The van der Waals surface area contributed by atoms with Crippen LogP contribution in [0.2, 0.25) is 0 Å². The Morgan fingerprint density at radius 1 is 1.20 bits per heavy atom. The molecule has 0 radical (unpaired) electrons. The maximum absolute atomic E-state index is 12.8. The fourth-order valence-corrected chi connectivity index (χ4v) is 3.82. The van der Waals surface area contributed by atoms with Gasteiger partial charge in [-0.05, 0) is 30.5 Å². The van der Waals surface area contributed by atoms with Crippen molar-refractivity contribution < 1.29 is 19.1 Å². The zero-order valence-corrected chi connectivity index (χ0v) is 16.5. The Morgan fingerprint density at radius 3 is 2.80 bits per heavy atom. The van der Waals surface area contributed by atoms with E-state index in [2.05, 4.69) is 10.4 Å². The van der Waals surface area contributed by atoms with Gasteiger partial charge >= 0.3 is 11.8 Å². The number of carbonyl (C=O) groups excluding carboxylic acids is 2. The summed E-state index contributed by atoms with van der Waals surface area (Å²) >= 11 is 0. The fourth-order valence-electron chi connectivity index (χ4n) is 3.82. The van der Waals surface area contributed by atoms with Crippen LogP contribution < -0.4 is 5.32 Å². The highest BCUT2D eigenvalue weighted by atomic mass is 16.4. The largest absolute Gasteiger partial charge is 0.467 e. The van der Waals surface area contributed by atoms with Gasteiger partial charge in [-0.1, -0.05) is 30.3 Å². The minimum Gasteiger partial charge on any atom is -0.467 e. The van der Waals surface area contributed by atoms with Crippen LogP contribution in [-0.4, -0.2) is 44.2 Å². The fraction of sp³-hybridized carbons (Fsp3) is 0.318. The van der Waals surface area contributed by atoms with Crippen LogP contribution in [-0.2, 0) is 16.1 Å². The maximum Gasteiger partial charge on any atom is 0.315 e. The van der Waals surface area contributed by atoms with E-state index < -0.39 is 17.9 Å². The van der Waals surface area contributed by atoms with Crippen LogP contribution >= 0.6 is 0 Å². The molecule has 2 amide bonds. The zero-order chi connectivity index (χ0) is 20.9. The van der Waals surface area contributed by atoms with Crippen molar-refractivity contribution in [3.63, 3.8) is 0 Å². The van der Waals surface area contributed by atoms with Gasteiger partial charge in [-0.15, -0.1) is 0 Å². The molecule has 2 atom stereocenters. The highest BCUT2D eigenvalue weighted by Gasteiger charge is 2.34. The predicted octanol–water partition coefficient (Wildman–Crippen LogP) is 2.58. The molecule has 0 bridgehead atoms. The Kier molecular flexibility index (Phi) is 5.94. The summed E-state index contributed by atoms with van der Waals surface area (Å²) in [4.78, 5) is 27.0. The third-order valence-electron chi connectivity index (χ3n) is 5.33. The summed E-state index contributed by atoms with van der Waals surface area (Å²) in [6, 6.07) is 14.6. The molecule has 156 valence electrons. The van der Waals surface area contributed by atoms with Crippen molar-refractivity contribution in [1.29, 1.82) is 0 Å². The van der Waals surface area contributed by atoms with E-state index in [1.165, 1.54) is 6.26 Å². The molecule has 0 aliphatic carbocycles. The van der Waals surface area contributed by atoms with Gasteiger partial charge < -0.3 is 19.7 Å². The van der Waals surface area contributed by atoms with Gasteiger partial charge in [0, 0.05) is 25.1 Å². The van der Waals surface area contributed by atoms with Crippen molar-refractivity contribution in [3.05, 3.63) is 72.3 Å². The van der Waals surface area contributed by atoms with E-state index >= 15 is 0 Å². The number of aliphatic hydroxyl groups excluding tert-OH is 1. The molecule has 8 heteroatoms. The van der Waals surface area contributed by atoms with Crippen LogP contribution in [0.3, 0.4) is 0 Å². The first-order valence-corrected chi connectivity index (χ1v) is 10.0. The number of aromatic nitrogens is 2. The van der Waals surface area contributed by atoms with E-state index in [4.69, 9.17) is 4.42 Å². The number of nitrogens with zero attached hydrogens (tertiary/aromatic N) is 3. The van der Waals surface area contributed by atoms with Crippen molar-refractivity contribution in [2.45, 2.75) is 38.0 Å². The summed E-state index contributed by atoms with van der Waals surface area (Å²) in [5, 5.41) is 17.3. The number of furan rings is 1. The summed E-state index contributed by atoms with van der Waals surface area (Å²) in [5.74, 6) is -0.382. The van der Waals surface area contributed by atoms with E-state index in [0.29, 0.717) is 31.1 Å². The maximum atomic E-state index is 12.8. The molecule has 0 spiro atoms. The summed E-state index contributed by atoms with van der Waals surface area (Å²) in [7, 11) is 0. The summed E-state index contributed by atoms with van der Waals surface area (Å²) < 4.78 is 6.88. The number of anilines is 1. The smallest absolute Gasteiger partial charge is 0.315 e. The van der Waals surface area contributed by atoms with Crippen molar-refractivity contribution in [2.75, 3.05) is 11.9 Å². The second-order valence-corrected chi connectivity index (χ2v) is 7.38. The normalized spacial score (nSPS) is 17.1. The zero-order valence-electron chi connectivity index (χ0n) is 16.5. The summed E-state index contributed by atoms with van der Waals surface area (Å²) in [6.45, 7) is 0.977. The van der Waals surface area contributed by atoms with Crippen LogP contribution in [0.4, 0.5) is 5.82 Å². The second kappa shape index (κ2) is 8.96. The Morgan fingerprint density at radius 2 is 2.03 bits per heavy atom. The van der Waals surface area contributed by atoms with E-state index in [9.17, 15) is 14.7 Å². The number of carbonyl (C=O) groups is 2. The predicted molar refractivity (Wildman–Crippen MR) is 109 cm³/mol. The number of aliphatic hydroxyl groups is 1. The number of hydrogen-bond donors (Lipinski definition) is 2. The first kappa shape index (κ1) is 19.9. The second-order valence-electron chi connectivity index (χ2n) is 7.38. The van der Waals surface area contributed by atoms with E-state index in [1.54, 1.807) is 34.0 Å². The van der Waals surface area contributed by atoms with Crippen molar-refractivity contribution in [3.8, 4) is 0 Å². The molecule has 0 saturated carbocycles. The van der Waals surface area contributed by atoms with E-state index in [1.807, 2.05) is 30.3 Å². The summed E-state index contributed by atoms with van der Waals surface area (Å²) in [5.41, 5.74) is 1.04. The number of nitrogens with one attached hydrogen (secondary N) is 1. The lowest BCUT2D eigenvalue weighted by molar-refractivity contribution is -0.144. The van der Waals surface area contributed by atoms with Gasteiger partial charge in [-0.3, -0.25) is 9.59 Å². The van der Waals surface area contributed by atoms with Crippen LogP contribution in [0, 0.1) is 0 Å². The number of amides is 2. The number of benzene rings is 1. The van der Waals surface area contributed by atoms with Crippen LogP contribution in [0.15, 0.2) is 65.4 Å². The molecule has 0 unspecified atom stereocenters. The van der Waals surface area contributed by atoms with Gasteiger partial charge in [-0.25, -0.2) is 4.68 Å². The van der Waals surface area contributed by atoms with Gasteiger partial charge in [0.2, 0.25) is 0 Å². The van der Waals surface area contributed by atoms with E-state index in [0.717, 1.165) is 18.4 Å². The molecule has 8 nitrogen and oxygen atoms in total. The Balaban J connectivity index is 1.39. The molecule has 1 fully saturated rings. The molecular formula is C22H24N4O4. The third kappa shape index (κ3) is 4.44. The minimum absolute atomic E-state index is 0.211. The van der Waals surface area contributed by atoms with Gasteiger partial charge in [0.15, 0.2) is 0 Å². The average Bonchev–Trinajstić information content (AvgIpc) is 3.51. The number of rotatable bonds is 6. The topological polar surface area (TPSA) is 101 Å². The first-order chi connectivity index (χ1) is 14.6. The quantitative estimate of drug-likeness (QED) is 0.611. The molecule has 1 aliphatic rings. The Labute approximate surface area is 174 Å².